The fraction of sp³-hybridized carbons (Fsp3) is 0.750. The molecule has 3 nitrogen and oxygen atoms in total. The van der Waals surface area contributed by atoms with Gasteiger partial charge in [0.2, 0.25) is 0 Å². The van der Waals surface area contributed by atoms with Crippen LogP contribution in [0.1, 0.15) is 19.8 Å². The summed E-state index contributed by atoms with van der Waals surface area (Å²) in [6, 6.07) is 3.87. The van der Waals surface area contributed by atoms with E-state index in [1.165, 1.54) is 0 Å². The molecule has 1 unspecified atom stereocenters. The van der Waals surface area contributed by atoms with Gasteiger partial charge < -0.3 is 4.74 Å². The standard InChI is InChI=1S/C8H10N2O/c1-8(6-11-8)3-2-7(4-9)5-10/h7H,2-3,6H2,1H3. The van der Waals surface area contributed by atoms with Crippen molar-refractivity contribution in [1.82, 2.24) is 0 Å². The van der Waals surface area contributed by atoms with E-state index in [4.69, 9.17) is 15.3 Å². The summed E-state index contributed by atoms with van der Waals surface area (Å²) in [5.41, 5.74) is -0.0219. The maximum absolute atomic E-state index is 8.43. The van der Waals surface area contributed by atoms with Gasteiger partial charge in [0.15, 0.2) is 0 Å². The van der Waals surface area contributed by atoms with Gasteiger partial charge in [0.05, 0.1) is 24.3 Å². The lowest BCUT2D eigenvalue weighted by Crippen LogP contribution is -2.06. The van der Waals surface area contributed by atoms with Crippen molar-refractivity contribution in [3.8, 4) is 12.1 Å². The van der Waals surface area contributed by atoms with Crippen LogP contribution in [0.3, 0.4) is 0 Å². The minimum atomic E-state index is -0.462. The number of rotatable bonds is 3. The minimum absolute atomic E-state index is 0.0219. The zero-order valence-electron chi connectivity index (χ0n) is 6.50. The third kappa shape index (κ3) is 2.22. The predicted octanol–water partition coefficient (Wildman–Crippen LogP) is 1.22. The Balaban J connectivity index is 2.22. The molecule has 0 radical (unpaired) electrons. The maximum atomic E-state index is 8.43. The average Bonchev–Trinajstić information content (AvgIpc) is 2.71. The van der Waals surface area contributed by atoms with Crippen LogP contribution in [0, 0.1) is 28.6 Å². The van der Waals surface area contributed by atoms with Crippen LogP contribution in [0.25, 0.3) is 0 Å². The molecule has 0 aromatic carbocycles. The SMILES string of the molecule is CC1(CCC(C#N)C#N)CO1. The smallest absolute Gasteiger partial charge is 0.133 e. The molecule has 1 aliphatic rings. The molecule has 1 rings (SSSR count). The van der Waals surface area contributed by atoms with Gasteiger partial charge in [0, 0.05) is 0 Å². The average molecular weight is 150 g/mol. The molecule has 0 aromatic heterocycles. The van der Waals surface area contributed by atoms with E-state index < -0.39 is 5.92 Å². The van der Waals surface area contributed by atoms with Crippen molar-refractivity contribution in [3.63, 3.8) is 0 Å². The van der Waals surface area contributed by atoms with E-state index in [0.29, 0.717) is 6.42 Å². The van der Waals surface area contributed by atoms with Crippen LogP contribution in [-0.2, 0) is 4.74 Å². The van der Waals surface area contributed by atoms with Gasteiger partial charge in [-0.1, -0.05) is 0 Å². The molecule has 11 heavy (non-hydrogen) atoms. The summed E-state index contributed by atoms with van der Waals surface area (Å²) >= 11 is 0. The van der Waals surface area contributed by atoms with E-state index in [2.05, 4.69) is 0 Å². The quantitative estimate of drug-likeness (QED) is 0.568. The van der Waals surface area contributed by atoms with Crippen molar-refractivity contribution in [2.75, 3.05) is 6.61 Å². The molecule has 0 N–H and O–H groups in total. The summed E-state index contributed by atoms with van der Waals surface area (Å²) < 4.78 is 5.12. The maximum Gasteiger partial charge on any atom is 0.133 e. The molecular formula is C8H10N2O. The molecule has 0 aromatic rings. The normalized spacial score (nSPS) is 27.6. The Bertz CT molecular complexity index is 205. The fourth-order valence-corrected chi connectivity index (χ4v) is 0.875. The lowest BCUT2D eigenvalue weighted by atomic mass is 9.99. The van der Waals surface area contributed by atoms with E-state index in [9.17, 15) is 0 Å². The zero-order chi connectivity index (χ0) is 8.32. The Morgan fingerprint density at radius 1 is 1.55 bits per heavy atom. The molecule has 1 saturated heterocycles. The van der Waals surface area contributed by atoms with Gasteiger partial charge in [0.25, 0.3) is 0 Å². The van der Waals surface area contributed by atoms with Crippen molar-refractivity contribution in [1.29, 1.82) is 10.5 Å². The van der Waals surface area contributed by atoms with Crippen molar-refractivity contribution in [3.05, 3.63) is 0 Å². The van der Waals surface area contributed by atoms with Gasteiger partial charge in [0.1, 0.15) is 5.92 Å². The first-order valence-corrected chi connectivity index (χ1v) is 3.63. The predicted molar refractivity (Wildman–Crippen MR) is 38.3 cm³/mol. The monoisotopic (exact) mass is 150 g/mol. The molecule has 0 saturated carbocycles. The molecule has 3 heteroatoms. The Morgan fingerprint density at radius 3 is 2.45 bits per heavy atom. The lowest BCUT2D eigenvalue weighted by Gasteiger charge is -2.02. The van der Waals surface area contributed by atoms with Crippen LogP contribution >= 0.6 is 0 Å². The van der Waals surface area contributed by atoms with Crippen LogP contribution in [0.15, 0.2) is 0 Å². The largest absolute Gasteiger partial charge is 0.370 e. The lowest BCUT2D eigenvalue weighted by molar-refractivity contribution is 0.300. The Kier molecular flexibility index (Phi) is 2.12. The van der Waals surface area contributed by atoms with Gasteiger partial charge in [-0.2, -0.15) is 10.5 Å². The molecule has 1 heterocycles. The number of nitriles is 2. The second kappa shape index (κ2) is 2.90. The molecular weight excluding hydrogens is 140 g/mol. The molecule has 1 atom stereocenters. The highest BCUT2D eigenvalue weighted by molar-refractivity contribution is 5.00. The Hall–Kier alpha value is -1.06. The highest BCUT2D eigenvalue weighted by Crippen LogP contribution is 2.32. The first-order chi connectivity index (χ1) is 5.20. The second-order valence-corrected chi connectivity index (χ2v) is 3.09. The molecule has 0 aliphatic carbocycles. The van der Waals surface area contributed by atoms with Crippen molar-refractivity contribution in [2.24, 2.45) is 5.92 Å². The summed E-state index contributed by atoms with van der Waals surface area (Å²) in [6.45, 7) is 2.77. The van der Waals surface area contributed by atoms with E-state index in [0.717, 1.165) is 13.0 Å². The van der Waals surface area contributed by atoms with Gasteiger partial charge in [-0.05, 0) is 19.8 Å². The number of hydrogen-bond acceptors (Lipinski definition) is 3. The first kappa shape index (κ1) is 8.04. The second-order valence-electron chi connectivity index (χ2n) is 3.09. The molecule has 0 amide bonds. The van der Waals surface area contributed by atoms with E-state index in [1.807, 2.05) is 19.1 Å². The van der Waals surface area contributed by atoms with E-state index in [-0.39, 0.29) is 5.60 Å². The van der Waals surface area contributed by atoms with Crippen LogP contribution in [-0.4, -0.2) is 12.2 Å². The molecule has 0 spiro atoms. The molecule has 1 fully saturated rings. The van der Waals surface area contributed by atoms with Gasteiger partial charge in [-0.3, -0.25) is 0 Å². The third-order valence-electron chi connectivity index (χ3n) is 1.91. The first-order valence-electron chi connectivity index (χ1n) is 3.63. The fourth-order valence-electron chi connectivity index (χ4n) is 0.875. The number of ether oxygens (including phenoxy) is 1. The van der Waals surface area contributed by atoms with Crippen LogP contribution in [0.2, 0.25) is 0 Å². The summed E-state index contributed by atoms with van der Waals surface area (Å²) in [7, 11) is 0. The van der Waals surface area contributed by atoms with Crippen molar-refractivity contribution < 1.29 is 4.74 Å². The number of epoxide rings is 1. The molecule has 1 aliphatic heterocycles. The zero-order valence-corrected chi connectivity index (χ0v) is 6.50. The van der Waals surface area contributed by atoms with Gasteiger partial charge in [-0.25, -0.2) is 0 Å². The van der Waals surface area contributed by atoms with Crippen molar-refractivity contribution in [2.45, 2.75) is 25.4 Å². The number of nitrogens with zero attached hydrogens (tertiary/aromatic N) is 2. The van der Waals surface area contributed by atoms with E-state index in [1.54, 1.807) is 0 Å². The van der Waals surface area contributed by atoms with E-state index >= 15 is 0 Å². The van der Waals surface area contributed by atoms with Crippen LogP contribution in [0.4, 0.5) is 0 Å². The Labute approximate surface area is 66.2 Å². The van der Waals surface area contributed by atoms with Gasteiger partial charge in [-0.15, -0.1) is 0 Å². The summed E-state index contributed by atoms with van der Waals surface area (Å²) in [5, 5.41) is 16.9. The highest BCUT2D eigenvalue weighted by Gasteiger charge is 2.38. The topological polar surface area (TPSA) is 60.1 Å². The van der Waals surface area contributed by atoms with Crippen molar-refractivity contribution >= 4 is 0 Å². The van der Waals surface area contributed by atoms with Gasteiger partial charge >= 0.3 is 0 Å². The molecule has 0 bridgehead atoms. The summed E-state index contributed by atoms with van der Waals surface area (Å²) in [5.74, 6) is -0.462. The highest BCUT2D eigenvalue weighted by atomic mass is 16.6. The Morgan fingerprint density at radius 2 is 2.09 bits per heavy atom. The summed E-state index contributed by atoms with van der Waals surface area (Å²) in [4.78, 5) is 0. The number of hydrogen-bond donors (Lipinski definition) is 0. The van der Waals surface area contributed by atoms with Crippen LogP contribution < -0.4 is 0 Å². The minimum Gasteiger partial charge on any atom is -0.370 e. The third-order valence-corrected chi connectivity index (χ3v) is 1.91. The summed E-state index contributed by atoms with van der Waals surface area (Å²) in [6.07, 6.45) is 1.45. The molecule has 58 valence electrons. The van der Waals surface area contributed by atoms with Crippen LogP contribution in [0.5, 0.6) is 0 Å².